The monoisotopic (exact) mass is 1410 g/mol. The SMILES string of the molecule is CCCCCCCCCCCCCCCC(=O)O[C@H](COC(=O)CCCCCCCCCCCC(C)C)COP(=O)(O)OC[C@H](O)COP(=O)(O)OC[C@@H](COC(=O)CCCCCCCCCCCCC(C)C)OC(=O)CCCCCCCCCCCCCCCCC(C)CC. The fourth-order valence-corrected chi connectivity index (χ4v) is 13.3. The Bertz CT molecular complexity index is 1870. The molecule has 6 atom stereocenters. The highest BCUT2D eigenvalue weighted by Gasteiger charge is 2.30. The van der Waals surface area contributed by atoms with Crippen LogP contribution in [0.2, 0.25) is 0 Å². The van der Waals surface area contributed by atoms with Crippen LogP contribution in [0.4, 0.5) is 0 Å². The van der Waals surface area contributed by atoms with Crippen LogP contribution in [0.25, 0.3) is 0 Å². The summed E-state index contributed by atoms with van der Waals surface area (Å²) in [6.45, 7) is 11.9. The van der Waals surface area contributed by atoms with Crippen molar-refractivity contribution in [1.82, 2.24) is 0 Å². The molecule has 570 valence electrons. The maximum atomic E-state index is 13.1. The van der Waals surface area contributed by atoms with Crippen molar-refractivity contribution in [3.05, 3.63) is 0 Å². The van der Waals surface area contributed by atoms with E-state index in [0.29, 0.717) is 25.7 Å². The predicted octanol–water partition coefficient (Wildman–Crippen LogP) is 22.6. The molecule has 0 radical (unpaired) electrons. The Balaban J connectivity index is 5.26. The van der Waals surface area contributed by atoms with E-state index >= 15 is 0 Å². The summed E-state index contributed by atoms with van der Waals surface area (Å²) in [6, 6.07) is 0. The molecule has 0 aliphatic heterocycles. The first kappa shape index (κ1) is 94.1. The second-order valence-corrected chi connectivity index (χ2v) is 31.8. The molecule has 0 aromatic rings. The number of esters is 4. The van der Waals surface area contributed by atoms with Gasteiger partial charge < -0.3 is 33.8 Å². The summed E-state index contributed by atoms with van der Waals surface area (Å²) in [5.41, 5.74) is 0. The van der Waals surface area contributed by atoms with Gasteiger partial charge in [0.2, 0.25) is 0 Å². The topological polar surface area (TPSA) is 237 Å². The van der Waals surface area contributed by atoms with E-state index in [0.717, 1.165) is 108 Å². The molecule has 0 aliphatic rings. The summed E-state index contributed by atoms with van der Waals surface area (Å²) in [6.07, 6.45) is 53.9. The molecule has 0 aromatic heterocycles. The third-order valence-electron chi connectivity index (χ3n) is 18.2. The largest absolute Gasteiger partial charge is 0.472 e. The van der Waals surface area contributed by atoms with E-state index in [-0.39, 0.29) is 25.7 Å². The molecule has 0 bridgehead atoms. The van der Waals surface area contributed by atoms with Crippen molar-refractivity contribution in [3.63, 3.8) is 0 Å². The standard InChI is InChI=1S/C77H150O17P2/c1-8-10-11-12-13-14-15-18-22-31-39-46-53-60-76(81)94-73(65-88-75(80)59-52-45-38-33-26-28-35-42-49-56-69(5)6)67-92-96(85,86)90-63-71(78)62-89-95(83,84)91-66-72(64-87-74(79)58-51-44-37-30-25-24-27-34-41-48-55-68(3)4)93-77(82)61-54-47-40-32-23-20-17-16-19-21-29-36-43-50-57-70(7)9-2/h68-73,78H,8-67H2,1-7H3,(H,83,84)(H,85,86)/t70?,71-,72-,73-/m1/s1. The highest BCUT2D eigenvalue weighted by atomic mass is 31.2. The lowest BCUT2D eigenvalue weighted by molar-refractivity contribution is -0.161. The molecule has 0 saturated heterocycles. The molecule has 0 aromatic carbocycles. The van der Waals surface area contributed by atoms with E-state index in [2.05, 4.69) is 48.5 Å². The molecule has 3 unspecified atom stereocenters. The molecule has 0 rings (SSSR count). The number of phosphoric ester groups is 2. The first-order chi connectivity index (χ1) is 46.3. The summed E-state index contributed by atoms with van der Waals surface area (Å²) in [4.78, 5) is 72.9. The normalized spacial score (nSPS) is 14.3. The fraction of sp³-hybridized carbons (Fsp3) is 0.948. The molecule has 19 heteroatoms. The Morgan fingerprint density at radius 1 is 0.302 bits per heavy atom. The fourth-order valence-electron chi connectivity index (χ4n) is 11.7. The molecule has 0 saturated carbocycles. The van der Waals surface area contributed by atoms with Crippen molar-refractivity contribution in [1.29, 1.82) is 0 Å². The van der Waals surface area contributed by atoms with Gasteiger partial charge in [0.1, 0.15) is 19.3 Å². The van der Waals surface area contributed by atoms with Crippen LogP contribution in [0.3, 0.4) is 0 Å². The van der Waals surface area contributed by atoms with E-state index < -0.39 is 97.5 Å². The van der Waals surface area contributed by atoms with Gasteiger partial charge in [-0.3, -0.25) is 37.3 Å². The number of carbonyl (C=O) groups is 4. The van der Waals surface area contributed by atoms with Gasteiger partial charge in [0, 0.05) is 25.7 Å². The molecule has 96 heavy (non-hydrogen) atoms. The van der Waals surface area contributed by atoms with E-state index in [1.165, 1.54) is 205 Å². The van der Waals surface area contributed by atoms with Crippen LogP contribution in [-0.4, -0.2) is 96.7 Å². The molecule has 0 amide bonds. The van der Waals surface area contributed by atoms with Gasteiger partial charge in [0.25, 0.3) is 0 Å². The van der Waals surface area contributed by atoms with Crippen LogP contribution < -0.4 is 0 Å². The van der Waals surface area contributed by atoms with Crippen LogP contribution in [0.5, 0.6) is 0 Å². The minimum atomic E-state index is -4.96. The molecule has 0 fully saturated rings. The molecule has 3 N–H and O–H groups in total. The van der Waals surface area contributed by atoms with Gasteiger partial charge in [0.15, 0.2) is 12.2 Å². The Hall–Kier alpha value is -1.94. The number of unbranched alkanes of at least 4 members (excludes halogenated alkanes) is 42. The number of phosphoric acid groups is 2. The van der Waals surface area contributed by atoms with Crippen molar-refractivity contribution >= 4 is 39.5 Å². The van der Waals surface area contributed by atoms with Gasteiger partial charge >= 0.3 is 39.5 Å². The smallest absolute Gasteiger partial charge is 0.462 e. The maximum Gasteiger partial charge on any atom is 0.472 e. The Morgan fingerprint density at radius 3 is 0.792 bits per heavy atom. The minimum Gasteiger partial charge on any atom is -0.462 e. The summed E-state index contributed by atoms with van der Waals surface area (Å²) < 4.78 is 68.6. The zero-order chi connectivity index (χ0) is 70.9. The minimum absolute atomic E-state index is 0.107. The number of aliphatic hydroxyl groups is 1. The third kappa shape index (κ3) is 69.2. The molecular weight excluding hydrogens is 1260 g/mol. The quantitative estimate of drug-likeness (QED) is 0.0222. The lowest BCUT2D eigenvalue weighted by Gasteiger charge is -2.21. The van der Waals surface area contributed by atoms with Gasteiger partial charge in [-0.2, -0.15) is 0 Å². The van der Waals surface area contributed by atoms with E-state index in [1.807, 2.05) is 0 Å². The third-order valence-corrected chi connectivity index (χ3v) is 20.1. The number of hydrogen-bond donors (Lipinski definition) is 3. The zero-order valence-corrected chi connectivity index (χ0v) is 64.6. The highest BCUT2D eigenvalue weighted by molar-refractivity contribution is 7.47. The highest BCUT2D eigenvalue weighted by Crippen LogP contribution is 2.45. The second-order valence-electron chi connectivity index (χ2n) is 28.9. The molecule has 0 aliphatic carbocycles. The van der Waals surface area contributed by atoms with Crippen LogP contribution in [-0.2, 0) is 65.4 Å². The Kier molecular flexibility index (Phi) is 66.2. The van der Waals surface area contributed by atoms with Crippen LogP contribution >= 0.6 is 15.6 Å². The van der Waals surface area contributed by atoms with Gasteiger partial charge in [-0.05, 0) is 43.4 Å². The van der Waals surface area contributed by atoms with Crippen molar-refractivity contribution in [2.24, 2.45) is 17.8 Å². The van der Waals surface area contributed by atoms with Crippen molar-refractivity contribution in [3.8, 4) is 0 Å². The summed E-state index contributed by atoms with van der Waals surface area (Å²) in [7, 11) is -9.91. The Morgan fingerprint density at radius 2 is 0.531 bits per heavy atom. The molecular formula is C77H150O17P2. The Labute approximate surface area is 588 Å². The van der Waals surface area contributed by atoms with Gasteiger partial charge in [-0.15, -0.1) is 0 Å². The first-order valence-electron chi connectivity index (χ1n) is 39.9. The summed E-state index contributed by atoms with van der Waals surface area (Å²) in [5.74, 6) is 0.234. The first-order valence-corrected chi connectivity index (χ1v) is 42.9. The van der Waals surface area contributed by atoms with E-state index in [1.54, 1.807) is 0 Å². The lowest BCUT2D eigenvalue weighted by Crippen LogP contribution is -2.30. The van der Waals surface area contributed by atoms with Crippen molar-refractivity contribution < 1.29 is 80.2 Å². The average Bonchev–Trinajstić information content (AvgIpc) is 2.58. The average molecular weight is 1410 g/mol. The number of aliphatic hydroxyl groups excluding tert-OH is 1. The maximum absolute atomic E-state index is 13.1. The van der Waals surface area contributed by atoms with Crippen LogP contribution in [0.15, 0.2) is 0 Å². The van der Waals surface area contributed by atoms with Crippen molar-refractivity contribution in [2.45, 2.75) is 414 Å². The second kappa shape index (κ2) is 67.5. The van der Waals surface area contributed by atoms with Crippen LogP contribution in [0.1, 0.15) is 395 Å². The summed E-state index contributed by atoms with van der Waals surface area (Å²) in [5, 5.41) is 10.6. The number of carbonyl (C=O) groups excluding carboxylic acids is 4. The summed E-state index contributed by atoms with van der Waals surface area (Å²) >= 11 is 0. The zero-order valence-electron chi connectivity index (χ0n) is 62.8. The number of rotatable bonds is 75. The number of hydrogen-bond acceptors (Lipinski definition) is 15. The van der Waals surface area contributed by atoms with Gasteiger partial charge in [-0.25, -0.2) is 9.13 Å². The van der Waals surface area contributed by atoms with E-state index in [4.69, 9.17) is 37.0 Å². The lowest BCUT2D eigenvalue weighted by atomic mass is 9.99. The molecule has 17 nitrogen and oxygen atoms in total. The van der Waals surface area contributed by atoms with Gasteiger partial charge in [-0.1, -0.05) is 344 Å². The van der Waals surface area contributed by atoms with Crippen LogP contribution in [0, 0.1) is 17.8 Å². The van der Waals surface area contributed by atoms with E-state index in [9.17, 15) is 43.2 Å². The van der Waals surface area contributed by atoms with Gasteiger partial charge in [0.05, 0.1) is 26.4 Å². The molecule has 0 spiro atoms. The predicted molar refractivity (Wildman–Crippen MR) is 391 cm³/mol. The number of ether oxygens (including phenoxy) is 4. The van der Waals surface area contributed by atoms with Crippen molar-refractivity contribution in [2.75, 3.05) is 39.6 Å². The molecule has 0 heterocycles.